The Morgan fingerprint density at radius 1 is 1.14 bits per heavy atom. The van der Waals surface area contributed by atoms with E-state index in [1.807, 2.05) is 45.9 Å². The van der Waals surface area contributed by atoms with Crippen molar-refractivity contribution in [2.24, 2.45) is 0 Å². The van der Waals surface area contributed by atoms with Crippen molar-refractivity contribution < 1.29 is 14.3 Å². The first-order valence-corrected chi connectivity index (χ1v) is 9.56. The Morgan fingerprint density at radius 2 is 1.71 bits per heavy atom. The average Bonchev–Trinajstić information content (AvgIpc) is 2.54. The first kappa shape index (κ1) is 22.0. The largest absolute Gasteiger partial charge is 0.485 e. The number of ether oxygens (including phenoxy) is 2. The molecule has 6 nitrogen and oxygen atoms in total. The number of benzene rings is 1. The molecule has 0 unspecified atom stereocenters. The fourth-order valence-corrected chi connectivity index (χ4v) is 2.88. The molecule has 0 aliphatic heterocycles. The fourth-order valence-electron chi connectivity index (χ4n) is 2.67. The van der Waals surface area contributed by atoms with Crippen molar-refractivity contribution in [3.8, 4) is 17.0 Å². The van der Waals surface area contributed by atoms with Crippen LogP contribution in [0.1, 0.15) is 45.7 Å². The van der Waals surface area contributed by atoms with Gasteiger partial charge in [0.15, 0.2) is 10.9 Å². The van der Waals surface area contributed by atoms with Gasteiger partial charge in [0.05, 0.1) is 6.10 Å². The highest BCUT2D eigenvalue weighted by Gasteiger charge is 2.26. The summed E-state index contributed by atoms with van der Waals surface area (Å²) in [5.74, 6) is 0.545. The number of amides is 1. The smallest absolute Gasteiger partial charge is 0.416 e. The van der Waals surface area contributed by atoms with Gasteiger partial charge in [-0.2, -0.15) is 4.98 Å². The summed E-state index contributed by atoms with van der Waals surface area (Å²) in [6.45, 7) is 13.2. The van der Waals surface area contributed by atoms with Crippen LogP contribution in [0.15, 0.2) is 18.2 Å². The minimum atomic E-state index is -0.634. The van der Waals surface area contributed by atoms with Crippen LogP contribution in [-0.2, 0) is 4.74 Å². The molecular formula is C21H28ClN3O3. The second-order valence-corrected chi connectivity index (χ2v) is 8.32. The van der Waals surface area contributed by atoms with E-state index in [4.69, 9.17) is 21.1 Å². The summed E-state index contributed by atoms with van der Waals surface area (Å²) in [4.78, 5) is 22.6. The lowest BCUT2D eigenvalue weighted by Gasteiger charge is -2.24. The number of aryl methyl sites for hydroxylation is 2. The summed E-state index contributed by atoms with van der Waals surface area (Å²) in [6, 6.07) is 5.97. The summed E-state index contributed by atoms with van der Waals surface area (Å²) >= 11 is 6.46. The number of aromatic nitrogens is 2. The molecule has 0 atom stereocenters. The van der Waals surface area contributed by atoms with Crippen LogP contribution in [0, 0.1) is 13.8 Å². The van der Waals surface area contributed by atoms with Gasteiger partial charge in [0.25, 0.3) is 0 Å². The van der Waals surface area contributed by atoms with Gasteiger partial charge in [0, 0.05) is 12.6 Å². The zero-order chi connectivity index (χ0) is 21.2. The van der Waals surface area contributed by atoms with E-state index < -0.39 is 11.7 Å². The molecular weight excluding hydrogens is 378 g/mol. The second kappa shape index (κ2) is 8.35. The predicted molar refractivity (Wildman–Crippen MR) is 112 cm³/mol. The van der Waals surface area contributed by atoms with E-state index in [2.05, 4.69) is 9.97 Å². The topological polar surface area (TPSA) is 64.6 Å². The minimum absolute atomic E-state index is 0.112. The van der Waals surface area contributed by atoms with Gasteiger partial charge in [-0.25, -0.2) is 14.7 Å². The summed E-state index contributed by atoms with van der Waals surface area (Å²) in [5, 5.41) is 0.145. The molecule has 0 aliphatic rings. The van der Waals surface area contributed by atoms with E-state index >= 15 is 0 Å². The zero-order valence-corrected chi connectivity index (χ0v) is 18.5. The van der Waals surface area contributed by atoms with E-state index in [-0.39, 0.29) is 17.2 Å². The molecule has 0 fully saturated rings. The molecule has 1 aromatic carbocycles. The Labute approximate surface area is 171 Å². The number of carbonyl (C=O) groups is 1. The normalized spacial score (nSPS) is 11.5. The molecule has 1 heterocycles. The highest BCUT2D eigenvalue weighted by molar-refractivity contribution is 6.31. The Bertz CT molecular complexity index is 856. The van der Waals surface area contributed by atoms with Crippen molar-refractivity contribution in [1.82, 2.24) is 9.97 Å². The SMILES string of the molecule is Cc1cccc(C)c1-c1nc(N(C)C(=O)OC(C)(C)C)nc(Cl)c1OC(C)C. The molecule has 1 aromatic heterocycles. The van der Waals surface area contributed by atoms with Gasteiger partial charge in [0.1, 0.15) is 11.3 Å². The standard InChI is InChI=1S/C21H28ClN3O3/c1-12(2)27-17-16(15-13(3)10-9-11-14(15)4)23-19(24-18(17)22)25(8)20(26)28-21(5,6)7/h9-12H,1-8H3. The minimum Gasteiger partial charge on any atom is -0.485 e. The van der Waals surface area contributed by atoms with E-state index in [0.29, 0.717) is 11.4 Å². The van der Waals surface area contributed by atoms with E-state index in [1.54, 1.807) is 27.8 Å². The van der Waals surface area contributed by atoms with Crippen LogP contribution in [-0.4, -0.2) is 34.8 Å². The highest BCUT2D eigenvalue weighted by atomic mass is 35.5. The Kier molecular flexibility index (Phi) is 6.55. The van der Waals surface area contributed by atoms with Crippen LogP contribution in [0.3, 0.4) is 0 Å². The van der Waals surface area contributed by atoms with Gasteiger partial charge < -0.3 is 9.47 Å². The van der Waals surface area contributed by atoms with Gasteiger partial charge in [-0.05, 0) is 59.6 Å². The molecule has 152 valence electrons. The molecule has 0 saturated heterocycles. The molecule has 0 bridgehead atoms. The van der Waals surface area contributed by atoms with Crippen molar-refractivity contribution in [2.75, 3.05) is 11.9 Å². The molecule has 0 spiro atoms. The molecule has 0 radical (unpaired) electrons. The Morgan fingerprint density at radius 3 is 2.21 bits per heavy atom. The summed E-state index contributed by atoms with van der Waals surface area (Å²) in [6.07, 6.45) is -0.674. The van der Waals surface area contributed by atoms with Crippen LogP contribution in [0.5, 0.6) is 5.75 Å². The zero-order valence-electron chi connectivity index (χ0n) is 17.8. The molecule has 0 N–H and O–H groups in total. The number of hydrogen-bond donors (Lipinski definition) is 0. The summed E-state index contributed by atoms with van der Waals surface area (Å²) < 4.78 is 11.3. The molecule has 2 aromatic rings. The number of halogens is 1. The van der Waals surface area contributed by atoms with Crippen LogP contribution in [0.2, 0.25) is 5.15 Å². The molecule has 7 heteroatoms. The number of hydrogen-bond acceptors (Lipinski definition) is 5. The van der Waals surface area contributed by atoms with Gasteiger partial charge in [-0.15, -0.1) is 0 Å². The third-order valence-electron chi connectivity index (χ3n) is 3.85. The van der Waals surface area contributed by atoms with Crippen LogP contribution < -0.4 is 9.64 Å². The first-order valence-electron chi connectivity index (χ1n) is 9.18. The second-order valence-electron chi connectivity index (χ2n) is 7.96. The molecule has 2 rings (SSSR count). The maximum Gasteiger partial charge on any atom is 0.416 e. The lowest BCUT2D eigenvalue weighted by molar-refractivity contribution is 0.0587. The summed E-state index contributed by atoms with van der Waals surface area (Å²) in [5.41, 5.74) is 2.87. The van der Waals surface area contributed by atoms with Crippen LogP contribution in [0.25, 0.3) is 11.3 Å². The molecule has 0 saturated carbocycles. The van der Waals surface area contributed by atoms with E-state index in [9.17, 15) is 4.79 Å². The van der Waals surface area contributed by atoms with Crippen molar-refractivity contribution in [1.29, 1.82) is 0 Å². The third-order valence-corrected chi connectivity index (χ3v) is 4.11. The average molecular weight is 406 g/mol. The lowest BCUT2D eigenvalue weighted by Crippen LogP contribution is -2.35. The first-order chi connectivity index (χ1) is 12.9. The maximum atomic E-state index is 12.5. The van der Waals surface area contributed by atoms with Gasteiger partial charge in [-0.3, -0.25) is 0 Å². The monoisotopic (exact) mass is 405 g/mol. The maximum absolute atomic E-state index is 12.5. The number of carbonyl (C=O) groups excluding carboxylic acids is 1. The van der Waals surface area contributed by atoms with Crippen molar-refractivity contribution in [3.63, 3.8) is 0 Å². The van der Waals surface area contributed by atoms with Crippen molar-refractivity contribution in [2.45, 2.75) is 60.2 Å². The quantitative estimate of drug-likeness (QED) is 0.622. The molecule has 1 amide bonds. The van der Waals surface area contributed by atoms with Gasteiger partial charge in [-0.1, -0.05) is 29.8 Å². The lowest BCUT2D eigenvalue weighted by atomic mass is 9.99. The van der Waals surface area contributed by atoms with Crippen molar-refractivity contribution >= 4 is 23.6 Å². The third kappa shape index (κ3) is 5.13. The van der Waals surface area contributed by atoms with Crippen LogP contribution in [0.4, 0.5) is 10.7 Å². The highest BCUT2D eigenvalue weighted by Crippen LogP contribution is 2.39. The number of rotatable bonds is 4. The summed E-state index contributed by atoms with van der Waals surface area (Å²) in [7, 11) is 1.55. The number of anilines is 1. The molecule has 28 heavy (non-hydrogen) atoms. The van der Waals surface area contributed by atoms with Gasteiger partial charge >= 0.3 is 6.09 Å². The fraction of sp³-hybridized carbons (Fsp3) is 0.476. The number of nitrogens with zero attached hydrogens (tertiary/aromatic N) is 3. The van der Waals surface area contributed by atoms with Crippen LogP contribution >= 0.6 is 11.6 Å². The van der Waals surface area contributed by atoms with E-state index in [0.717, 1.165) is 16.7 Å². The van der Waals surface area contributed by atoms with Crippen molar-refractivity contribution in [3.05, 3.63) is 34.5 Å². The Balaban J connectivity index is 2.63. The predicted octanol–water partition coefficient (Wildman–Crippen LogP) is 5.57. The van der Waals surface area contributed by atoms with Gasteiger partial charge in [0.2, 0.25) is 5.95 Å². The van der Waals surface area contributed by atoms with E-state index in [1.165, 1.54) is 4.90 Å². The molecule has 0 aliphatic carbocycles. The Hall–Kier alpha value is -2.34.